The summed E-state index contributed by atoms with van der Waals surface area (Å²) in [4.78, 5) is 9.04. The maximum atomic E-state index is 4.57. The predicted octanol–water partition coefficient (Wildman–Crippen LogP) is 3.33. The van der Waals surface area contributed by atoms with Gasteiger partial charge in [0.05, 0.1) is 0 Å². The Hall–Kier alpha value is -0.970. The first-order chi connectivity index (χ1) is 9.22. The van der Waals surface area contributed by atoms with Crippen molar-refractivity contribution >= 4 is 23.4 Å². The molecule has 1 heterocycles. The number of nitrogens with zero attached hydrogens (tertiary/aromatic N) is 2. The third kappa shape index (κ3) is 5.27. The molecule has 108 valence electrons. The van der Waals surface area contributed by atoms with Crippen LogP contribution >= 0.6 is 11.8 Å². The van der Waals surface area contributed by atoms with E-state index in [9.17, 15) is 0 Å². The minimum atomic E-state index is 0.858. The molecule has 2 N–H and O–H groups in total. The van der Waals surface area contributed by atoms with Gasteiger partial charge in [0, 0.05) is 25.6 Å². The van der Waals surface area contributed by atoms with Crippen molar-refractivity contribution in [2.45, 2.75) is 39.5 Å². The molecule has 1 aromatic heterocycles. The second kappa shape index (κ2) is 9.02. The summed E-state index contributed by atoms with van der Waals surface area (Å²) in [6, 6.07) is 0. The quantitative estimate of drug-likeness (QED) is 0.680. The second-order valence-corrected chi connectivity index (χ2v) is 5.53. The van der Waals surface area contributed by atoms with Crippen molar-refractivity contribution in [2.24, 2.45) is 0 Å². The van der Waals surface area contributed by atoms with Gasteiger partial charge in [-0.25, -0.2) is 9.97 Å². The topological polar surface area (TPSA) is 49.8 Å². The molecule has 0 aliphatic heterocycles. The number of aromatic nitrogens is 2. The van der Waals surface area contributed by atoms with Gasteiger partial charge in [-0.15, -0.1) is 0 Å². The Morgan fingerprint density at radius 2 is 1.84 bits per heavy atom. The van der Waals surface area contributed by atoms with Crippen LogP contribution < -0.4 is 10.6 Å². The van der Waals surface area contributed by atoms with Crippen molar-refractivity contribution in [3.8, 4) is 0 Å². The van der Waals surface area contributed by atoms with E-state index in [1.165, 1.54) is 25.0 Å². The van der Waals surface area contributed by atoms with E-state index in [-0.39, 0.29) is 0 Å². The van der Waals surface area contributed by atoms with Gasteiger partial charge in [0.25, 0.3) is 0 Å². The number of thioether (sulfide) groups is 1. The van der Waals surface area contributed by atoms with E-state index in [0.717, 1.165) is 36.0 Å². The van der Waals surface area contributed by atoms with Gasteiger partial charge in [-0.2, -0.15) is 11.8 Å². The Balaban J connectivity index is 2.52. The highest BCUT2D eigenvalue weighted by Crippen LogP contribution is 2.19. The number of rotatable bonds is 9. The number of nitrogens with one attached hydrogen (secondary N) is 2. The van der Waals surface area contributed by atoms with Crippen molar-refractivity contribution in [1.29, 1.82) is 0 Å². The van der Waals surface area contributed by atoms with Crippen LogP contribution in [0.4, 0.5) is 11.6 Å². The summed E-state index contributed by atoms with van der Waals surface area (Å²) in [6.07, 6.45) is 6.79. The molecule has 5 heteroatoms. The van der Waals surface area contributed by atoms with E-state index in [2.05, 4.69) is 40.7 Å². The fourth-order valence-electron chi connectivity index (χ4n) is 1.89. The summed E-state index contributed by atoms with van der Waals surface area (Å²) in [5.41, 5.74) is 1.10. The van der Waals surface area contributed by atoms with Crippen LogP contribution in [0.3, 0.4) is 0 Å². The average Bonchev–Trinajstić information content (AvgIpc) is 2.44. The van der Waals surface area contributed by atoms with E-state index in [1.807, 2.05) is 18.8 Å². The molecule has 0 bridgehead atoms. The first-order valence-corrected chi connectivity index (χ1v) is 8.40. The molecule has 0 saturated heterocycles. The Kier molecular flexibility index (Phi) is 7.63. The molecule has 0 atom stereocenters. The lowest BCUT2D eigenvalue weighted by Gasteiger charge is -2.13. The zero-order valence-corrected chi connectivity index (χ0v) is 13.4. The van der Waals surface area contributed by atoms with Gasteiger partial charge in [0.15, 0.2) is 0 Å². The van der Waals surface area contributed by atoms with Crippen molar-refractivity contribution < 1.29 is 0 Å². The van der Waals surface area contributed by atoms with Gasteiger partial charge >= 0.3 is 0 Å². The summed E-state index contributed by atoms with van der Waals surface area (Å²) in [5, 5.41) is 6.58. The first kappa shape index (κ1) is 16.1. The standard InChI is InChI=1S/C14H26N4S/c1-5-12-17-13(15-3)11(2)14(18-12)16-9-7-6-8-10-19-4/h5-10H2,1-4H3,(H2,15,16,17,18). The van der Waals surface area contributed by atoms with Gasteiger partial charge < -0.3 is 10.6 Å². The predicted molar refractivity (Wildman–Crippen MR) is 86.4 cm³/mol. The van der Waals surface area contributed by atoms with Crippen LogP contribution in [-0.2, 0) is 6.42 Å². The van der Waals surface area contributed by atoms with Crippen LogP contribution in [0.1, 0.15) is 37.6 Å². The Bertz CT molecular complexity index is 382. The fourth-order valence-corrected chi connectivity index (χ4v) is 2.38. The number of hydrogen-bond acceptors (Lipinski definition) is 5. The Morgan fingerprint density at radius 1 is 1.11 bits per heavy atom. The summed E-state index contributed by atoms with van der Waals surface area (Å²) >= 11 is 1.92. The molecule has 1 aromatic rings. The summed E-state index contributed by atoms with van der Waals surface area (Å²) in [6.45, 7) is 5.12. The lowest BCUT2D eigenvalue weighted by Crippen LogP contribution is -2.10. The maximum Gasteiger partial charge on any atom is 0.134 e. The summed E-state index contributed by atoms with van der Waals surface area (Å²) in [5.74, 6) is 4.05. The molecule has 0 amide bonds. The van der Waals surface area contributed by atoms with Gasteiger partial charge in [-0.1, -0.05) is 13.3 Å². The van der Waals surface area contributed by atoms with Crippen LogP contribution in [0.5, 0.6) is 0 Å². The van der Waals surface area contributed by atoms with Crippen LogP contribution in [0.25, 0.3) is 0 Å². The molecule has 0 aliphatic rings. The average molecular weight is 282 g/mol. The number of anilines is 2. The molecule has 0 unspecified atom stereocenters. The molecule has 4 nitrogen and oxygen atoms in total. The van der Waals surface area contributed by atoms with Gasteiger partial charge in [-0.05, 0) is 31.8 Å². The Morgan fingerprint density at radius 3 is 2.47 bits per heavy atom. The molecule has 19 heavy (non-hydrogen) atoms. The number of unbranched alkanes of at least 4 members (excludes halogenated alkanes) is 2. The van der Waals surface area contributed by atoms with E-state index in [4.69, 9.17) is 0 Å². The highest BCUT2D eigenvalue weighted by atomic mass is 32.2. The summed E-state index contributed by atoms with van der Waals surface area (Å²) in [7, 11) is 1.90. The first-order valence-electron chi connectivity index (χ1n) is 7.01. The van der Waals surface area contributed by atoms with Crippen molar-refractivity contribution in [1.82, 2.24) is 9.97 Å². The normalized spacial score (nSPS) is 10.5. The third-order valence-electron chi connectivity index (χ3n) is 3.06. The molecule has 0 fully saturated rings. The van der Waals surface area contributed by atoms with Gasteiger partial charge in [0.1, 0.15) is 17.5 Å². The molecular weight excluding hydrogens is 256 g/mol. The summed E-state index contributed by atoms with van der Waals surface area (Å²) < 4.78 is 0. The van der Waals surface area contributed by atoms with Crippen LogP contribution in [0, 0.1) is 6.92 Å². The van der Waals surface area contributed by atoms with Crippen molar-refractivity contribution in [3.05, 3.63) is 11.4 Å². The van der Waals surface area contributed by atoms with Crippen molar-refractivity contribution in [2.75, 3.05) is 36.2 Å². The monoisotopic (exact) mass is 282 g/mol. The zero-order chi connectivity index (χ0) is 14.1. The highest BCUT2D eigenvalue weighted by Gasteiger charge is 2.08. The maximum absolute atomic E-state index is 4.57. The highest BCUT2D eigenvalue weighted by molar-refractivity contribution is 7.98. The van der Waals surface area contributed by atoms with Gasteiger partial charge in [0.2, 0.25) is 0 Å². The minimum absolute atomic E-state index is 0.858. The smallest absolute Gasteiger partial charge is 0.134 e. The van der Waals surface area contributed by atoms with E-state index in [0.29, 0.717) is 0 Å². The number of aryl methyl sites for hydroxylation is 1. The second-order valence-electron chi connectivity index (χ2n) is 4.55. The molecular formula is C14H26N4S. The molecule has 0 spiro atoms. The minimum Gasteiger partial charge on any atom is -0.373 e. The zero-order valence-electron chi connectivity index (χ0n) is 12.5. The Labute approximate surface area is 121 Å². The largest absolute Gasteiger partial charge is 0.373 e. The lowest BCUT2D eigenvalue weighted by molar-refractivity contribution is 0.746. The molecule has 0 saturated carbocycles. The van der Waals surface area contributed by atoms with Gasteiger partial charge in [-0.3, -0.25) is 0 Å². The fraction of sp³-hybridized carbons (Fsp3) is 0.714. The van der Waals surface area contributed by atoms with E-state index < -0.39 is 0 Å². The third-order valence-corrected chi connectivity index (χ3v) is 3.76. The van der Waals surface area contributed by atoms with Crippen LogP contribution in [-0.4, -0.2) is 35.6 Å². The molecule has 0 aromatic carbocycles. The number of hydrogen-bond donors (Lipinski definition) is 2. The van der Waals surface area contributed by atoms with Crippen molar-refractivity contribution in [3.63, 3.8) is 0 Å². The SMILES string of the molecule is CCc1nc(NC)c(C)c(NCCCCCSC)n1. The van der Waals surface area contributed by atoms with E-state index in [1.54, 1.807) is 0 Å². The lowest BCUT2D eigenvalue weighted by atomic mass is 10.2. The molecule has 0 radical (unpaired) electrons. The molecule has 0 aliphatic carbocycles. The van der Waals surface area contributed by atoms with E-state index >= 15 is 0 Å². The van der Waals surface area contributed by atoms with Crippen LogP contribution in [0.2, 0.25) is 0 Å². The van der Waals surface area contributed by atoms with Crippen LogP contribution in [0.15, 0.2) is 0 Å². The molecule has 1 rings (SSSR count).